The van der Waals surface area contributed by atoms with Crippen LogP contribution in [0.1, 0.15) is 0 Å². The van der Waals surface area contributed by atoms with Gasteiger partial charge in [-0.2, -0.15) is 0 Å². The molecule has 0 aliphatic heterocycles. The Morgan fingerprint density at radius 3 is 2.65 bits per heavy atom. The molecular formula is C10H18N2O5. The number of aliphatic carboxylic acids is 1. The second-order valence-corrected chi connectivity index (χ2v) is 3.25. The first-order valence-corrected chi connectivity index (χ1v) is 5.05. The molecule has 0 rings (SSSR count). The molecule has 0 fully saturated rings. The molecule has 0 saturated carbocycles. The molecule has 0 aliphatic carbocycles. The van der Waals surface area contributed by atoms with Gasteiger partial charge in [-0.1, -0.05) is 6.08 Å². The lowest BCUT2D eigenvalue weighted by molar-refractivity contribution is -0.140. The summed E-state index contributed by atoms with van der Waals surface area (Å²) >= 11 is 0. The Labute approximate surface area is 99.7 Å². The van der Waals surface area contributed by atoms with E-state index in [1.54, 1.807) is 0 Å². The first kappa shape index (κ1) is 15.4. The van der Waals surface area contributed by atoms with Crippen LogP contribution in [0.15, 0.2) is 12.7 Å². The van der Waals surface area contributed by atoms with E-state index in [0.717, 1.165) is 0 Å². The molecule has 0 radical (unpaired) electrons. The summed E-state index contributed by atoms with van der Waals surface area (Å²) in [6.07, 6.45) is 1.52. The number of hydrogen-bond donors (Lipinski definition) is 3. The molecule has 0 spiro atoms. The van der Waals surface area contributed by atoms with Crippen LogP contribution >= 0.6 is 0 Å². The Hall–Kier alpha value is -1.60. The molecule has 7 nitrogen and oxygen atoms in total. The van der Waals surface area contributed by atoms with E-state index in [2.05, 4.69) is 11.9 Å². The molecule has 0 aromatic heterocycles. The predicted molar refractivity (Wildman–Crippen MR) is 60.7 cm³/mol. The van der Waals surface area contributed by atoms with Gasteiger partial charge in [0.25, 0.3) is 0 Å². The first-order valence-electron chi connectivity index (χ1n) is 5.05. The van der Waals surface area contributed by atoms with Crippen molar-refractivity contribution < 1.29 is 24.5 Å². The van der Waals surface area contributed by atoms with Gasteiger partial charge >= 0.3 is 12.0 Å². The molecule has 0 unspecified atom stereocenters. The largest absolute Gasteiger partial charge is 0.480 e. The second-order valence-electron chi connectivity index (χ2n) is 3.25. The summed E-state index contributed by atoms with van der Waals surface area (Å²) in [6.45, 7) is 3.75. The van der Waals surface area contributed by atoms with Gasteiger partial charge in [-0.15, -0.1) is 6.58 Å². The standard InChI is InChI=1S/C10H18N2O5/c1-3-4-12(5-6-17-2)10(16)11-8(7-13)9(14)15/h3,8,13H,1,4-7H2,2H3,(H,11,16)(H,14,15)/t8-/m1/s1. The normalized spacial score (nSPS) is 11.6. The molecule has 3 N–H and O–H groups in total. The lowest BCUT2D eigenvalue weighted by Crippen LogP contribution is -2.50. The summed E-state index contributed by atoms with van der Waals surface area (Å²) in [7, 11) is 1.50. The van der Waals surface area contributed by atoms with Crippen molar-refractivity contribution in [2.24, 2.45) is 0 Å². The Morgan fingerprint density at radius 2 is 2.24 bits per heavy atom. The molecule has 1 atom stereocenters. The lowest BCUT2D eigenvalue weighted by Gasteiger charge is -2.23. The summed E-state index contributed by atoms with van der Waals surface area (Å²) < 4.78 is 4.83. The van der Waals surface area contributed by atoms with Crippen LogP contribution < -0.4 is 5.32 Å². The van der Waals surface area contributed by atoms with Crippen molar-refractivity contribution in [2.75, 3.05) is 33.4 Å². The second kappa shape index (κ2) is 8.54. The van der Waals surface area contributed by atoms with Crippen molar-refractivity contribution in [3.63, 3.8) is 0 Å². The number of rotatable bonds is 8. The first-order chi connectivity index (χ1) is 8.06. The molecule has 98 valence electrons. The highest BCUT2D eigenvalue weighted by atomic mass is 16.5. The third-order valence-electron chi connectivity index (χ3n) is 1.98. The third-order valence-corrected chi connectivity index (χ3v) is 1.98. The number of methoxy groups -OCH3 is 1. The number of carboxylic acid groups (broad SMARTS) is 1. The van der Waals surface area contributed by atoms with Gasteiger partial charge in [0.1, 0.15) is 0 Å². The summed E-state index contributed by atoms with van der Waals surface area (Å²) in [5, 5.41) is 19.6. The van der Waals surface area contributed by atoms with E-state index in [1.165, 1.54) is 18.1 Å². The molecule has 0 heterocycles. The number of nitrogens with zero attached hydrogens (tertiary/aromatic N) is 1. The topological polar surface area (TPSA) is 99.1 Å². The van der Waals surface area contributed by atoms with Crippen molar-refractivity contribution in [3.05, 3.63) is 12.7 Å². The smallest absolute Gasteiger partial charge is 0.328 e. The molecule has 17 heavy (non-hydrogen) atoms. The van der Waals surface area contributed by atoms with Crippen LogP contribution in [-0.2, 0) is 9.53 Å². The molecule has 0 aliphatic rings. The Bertz CT molecular complexity index is 269. The van der Waals surface area contributed by atoms with Gasteiger partial charge in [-0.05, 0) is 0 Å². The van der Waals surface area contributed by atoms with Crippen LogP contribution in [0.3, 0.4) is 0 Å². The molecule has 2 amide bonds. The van der Waals surface area contributed by atoms with E-state index in [1.807, 2.05) is 0 Å². The van der Waals surface area contributed by atoms with Crippen LogP contribution in [0.4, 0.5) is 4.79 Å². The van der Waals surface area contributed by atoms with Gasteiger partial charge in [0.2, 0.25) is 0 Å². The molecule has 0 aromatic rings. The van der Waals surface area contributed by atoms with Gasteiger partial charge in [0.15, 0.2) is 6.04 Å². The maximum absolute atomic E-state index is 11.6. The Morgan fingerprint density at radius 1 is 1.59 bits per heavy atom. The van der Waals surface area contributed by atoms with E-state index in [4.69, 9.17) is 14.9 Å². The molecule has 0 aromatic carbocycles. The SMILES string of the molecule is C=CCN(CCOC)C(=O)N[C@H](CO)C(=O)O. The molecule has 0 bridgehead atoms. The van der Waals surface area contributed by atoms with E-state index in [0.29, 0.717) is 13.2 Å². The predicted octanol–water partition coefficient (Wildman–Crippen LogP) is -0.724. The number of ether oxygens (including phenoxy) is 1. The monoisotopic (exact) mass is 246 g/mol. The van der Waals surface area contributed by atoms with Crippen LogP contribution in [0, 0.1) is 0 Å². The highest BCUT2D eigenvalue weighted by Gasteiger charge is 2.21. The summed E-state index contributed by atoms with van der Waals surface area (Å²) in [5.74, 6) is -1.29. The maximum atomic E-state index is 11.6. The van der Waals surface area contributed by atoms with Gasteiger partial charge in [0, 0.05) is 20.2 Å². The molecule has 0 saturated heterocycles. The van der Waals surface area contributed by atoms with Crippen LogP contribution in [0.5, 0.6) is 0 Å². The number of aliphatic hydroxyl groups excluding tert-OH is 1. The minimum absolute atomic E-state index is 0.271. The van der Waals surface area contributed by atoms with E-state index < -0.39 is 24.6 Å². The van der Waals surface area contributed by atoms with Crippen molar-refractivity contribution in [1.82, 2.24) is 10.2 Å². The summed E-state index contributed by atoms with van der Waals surface area (Å²) in [5.41, 5.74) is 0. The van der Waals surface area contributed by atoms with E-state index >= 15 is 0 Å². The zero-order valence-corrected chi connectivity index (χ0v) is 9.76. The quantitative estimate of drug-likeness (QED) is 0.491. The number of amides is 2. The minimum atomic E-state index is -1.31. The Balaban J connectivity index is 4.38. The van der Waals surface area contributed by atoms with Crippen molar-refractivity contribution in [3.8, 4) is 0 Å². The fraction of sp³-hybridized carbons (Fsp3) is 0.600. The van der Waals surface area contributed by atoms with Gasteiger partial charge in [0.05, 0.1) is 13.2 Å². The number of aliphatic hydroxyl groups is 1. The zero-order chi connectivity index (χ0) is 13.3. The number of carbonyl (C=O) groups is 2. The van der Waals surface area contributed by atoms with Crippen LogP contribution in [-0.4, -0.2) is 66.6 Å². The summed E-state index contributed by atoms with van der Waals surface area (Å²) in [4.78, 5) is 23.6. The van der Waals surface area contributed by atoms with Crippen LogP contribution in [0.2, 0.25) is 0 Å². The number of nitrogens with one attached hydrogen (secondary N) is 1. The number of hydrogen-bond acceptors (Lipinski definition) is 4. The average Bonchev–Trinajstić information content (AvgIpc) is 2.30. The fourth-order valence-electron chi connectivity index (χ4n) is 1.06. The van der Waals surface area contributed by atoms with E-state index in [9.17, 15) is 9.59 Å². The average molecular weight is 246 g/mol. The minimum Gasteiger partial charge on any atom is -0.480 e. The molecular weight excluding hydrogens is 228 g/mol. The van der Waals surface area contributed by atoms with Crippen molar-refractivity contribution in [1.29, 1.82) is 0 Å². The van der Waals surface area contributed by atoms with Gasteiger partial charge in [-0.25, -0.2) is 9.59 Å². The number of carboxylic acids is 1. The van der Waals surface area contributed by atoms with Crippen LogP contribution in [0.25, 0.3) is 0 Å². The number of carbonyl (C=O) groups excluding carboxylic acids is 1. The zero-order valence-electron chi connectivity index (χ0n) is 9.76. The highest BCUT2D eigenvalue weighted by molar-refractivity contribution is 5.82. The van der Waals surface area contributed by atoms with Crippen molar-refractivity contribution in [2.45, 2.75) is 6.04 Å². The summed E-state index contributed by atoms with van der Waals surface area (Å²) in [6, 6.07) is -1.89. The Kier molecular flexibility index (Phi) is 7.74. The third kappa shape index (κ3) is 5.88. The fourth-order valence-corrected chi connectivity index (χ4v) is 1.06. The highest BCUT2D eigenvalue weighted by Crippen LogP contribution is 1.93. The maximum Gasteiger partial charge on any atom is 0.328 e. The van der Waals surface area contributed by atoms with Gasteiger partial charge < -0.3 is 25.2 Å². The molecule has 7 heteroatoms. The van der Waals surface area contributed by atoms with Crippen molar-refractivity contribution >= 4 is 12.0 Å². The van der Waals surface area contributed by atoms with Gasteiger partial charge in [-0.3, -0.25) is 0 Å². The lowest BCUT2D eigenvalue weighted by atomic mass is 10.3. The number of urea groups is 1. The van der Waals surface area contributed by atoms with E-state index in [-0.39, 0.29) is 6.54 Å².